The molecule has 7 nitrogen and oxygen atoms in total. The minimum Gasteiger partial charge on any atom is -0.497 e. The van der Waals surface area contributed by atoms with E-state index in [4.69, 9.17) is 4.74 Å². The van der Waals surface area contributed by atoms with Gasteiger partial charge in [-0.25, -0.2) is 0 Å². The van der Waals surface area contributed by atoms with Gasteiger partial charge in [-0.15, -0.1) is 5.10 Å². The molecule has 0 spiro atoms. The molecule has 142 valence electrons. The van der Waals surface area contributed by atoms with Gasteiger partial charge in [0.05, 0.1) is 18.0 Å². The largest absolute Gasteiger partial charge is 0.497 e. The van der Waals surface area contributed by atoms with Gasteiger partial charge in [-0.05, 0) is 54.6 Å². The number of aryl methyl sites for hydroxylation is 1. The number of rotatable bonds is 6. The lowest BCUT2D eigenvalue weighted by molar-refractivity contribution is 0.0995. The van der Waals surface area contributed by atoms with E-state index < -0.39 is 0 Å². The van der Waals surface area contributed by atoms with Crippen LogP contribution >= 0.6 is 11.8 Å². The summed E-state index contributed by atoms with van der Waals surface area (Å²) in [5, 5.41) is 13.1. The molecule has 0 saturated carbocycles. The fraction of sp³-hybridized carbons (Fsp3) is 0.200. The van der Waals surface area contributed by atoms with Gasteiger partial charge in [0.1, 0.15) is 5.75 Å². The molecule has 1 unspecified atom stereocenters. The van der Waals surface area contributed by atoms with E-state index in [-0.39, 0.29) is 11.0 Å². The van der Waals surface area contributed by atoms with Gasteiger partial charge in [0.2, 0.25) is 5.16 Å². The van der Waals surface area contributed by atoms with Crippen LogP contribution in [0.3, 0.4) is 0 Å². The summed E-state index contributed by atoms with van der Waals surface area (Å²) in [6.07, 6.45) is 0. The highest BCUT2D eigenvalue weighted by Gasteiger charge is 2.24. The summed E-state index contributed by atoms with van der Waals surface area (Å²) < 4.78 is 6.81. The Labute approximate surface area is 166 Å². The molecule has 0 amide bonds. The minimum absolute atomic E-state index is 0.0456. The second-order valence-electron chi connectivity index (χ2n) is 6.37. The molecular weight excluding hydrogens is 374 g/mol. The van der Waals surface area contributed by atoms with E-state index in [9.17, 15) is 4.79 Å². The number of thioether (sulfide) groups is 1. The van der Waals surface area contributed by atoms with E-state index in [1.54, 1.807) is 11.8 Å². The predicted molar refractivity (Wildman–Crippen MR) is 108 cm³/mol. The molecule has 2 aromatic heterocycles. The molecule has 1 N–H and O–H groups in total. The highest BCUT2D eigenvalue weighted by molar-refractivity contribution is 8.00. The molecule has 8 heteroatoms. The number of carbonyl (C=O) groups is 1. The molecule has 0 bridgehead atoms. The number of tetrazole rings is 1. The van der Waals surface area contributed by atoms with E-state index in [2.05, 4.69) is 20.5 Å². The lowest BCUT2D eigenvalue weighted by atomic mass is 10.1. The maximum absolute atomic E-state index is 13.2. The third-order valence-corrected chi connectivity index (χ3v) is 5.58. The zero-order chi connectivity index (χ0) is 19.7. The normalized spacial score (nSPS) is 12.2. The van der Waals surface area contributed by atoms with Gasteiger partial charge < -0.3 is 9.72 Å². The van der Waals surface area contributed by atoms with Crippen LogP contribution in [-0.2, 0) is 0 Å². The highest BCUT2D eigenvalue weighted by Crippen LogP contribution is 2.30. The first kappa shape index (κ1) is 18.2. The van der Waals surface area contributed by atoms with E-state index >= 15 is 0 Å². The number of nitrogens with zero attached hydrogens (tertiary/aromatic N) is 4. The number of benzene rings is 2. The van der Waals surface area contributed by atoms with E-state index in [0.717, 1.165) is 33.6 Å². The van der Waals surface area contributed by atoms with Crippen LogP contribution in [0.15, 0.2) is 53.7 Å². The number of nitrogens with one attached hydrogen (secondary N) is 1. The molecule has 0 aliphatic rings. The maximum Gasteiger partial charge on any atom is 0.214 e. The third-order valence-electron chi connectivity index (χ3n) is 4.55. The number of hydrogen-bond donors (Lipinski definition) is 1. The van der Waals surface area contributed by atoms with Gasteiger partial charge in [-0.3, -0.25) is 4.79 Å². The number of carbonyl (C=O) groups excluding carboxylic acids is 1. The van der Waals surface area contributed by atoms with Crippen molar-refractivity contribution in [3.63, 3.8) is 0 Å². The van der Waals surface area contributed by atoms with Crippen LogP contribution in [0.1, 0.15) is 23.0 Å². The Bertz CT molecular complexity index is 1130. The lowest BCUT2D eigenvalue weighted by Gasteiger charge is -2.11. The molecule has 0 fully saturated rings. The molecule has 4 rings (SSSR count). The van der Waals surface area contributed by atoms with Crippen LogP contribution in [-0.4, -0.2) is 43.3 Å². The first-order valence-electron chi connectivity index (χ1n) is 8.79. The van der Waals surface area contributed by atoms with Crippen molar-refractivity contribution < 1.29 is 9.53 Å². The Balaban J connectivity index is 1.60. The average molecular weight is 393 g/mol. The zero-order valence-corrected chi connectivity index (χ0v) is 16.5. The molecule has 2 heterocycles. The van der Waals surface area contributed by atoms with Crippen molar-refractivity contribution in [2.75, 3.05) is 7.11 Å². The molecule has 1 atom stereocenters. The minimum atomic E-state index is -0.346. The van der Waals surface area contributed by atoms with Crippen molar-refractivity contribution >= 4 is 28.4 Å². The monoisotopic (exact) mass is 393 g/mol. The van der Waals surface area contributed by atoms with Gasteiger partial charge in [0.25, 0.3) is 0 Å². The van der Waals surface area contributed by atoms with Crippen molar-refractivity contribution in [1.82, 2.24) is 25.2 Å². The summed E-state index contributed by atoms with van der Waals surface area (Å²) in [5.74, 6) is 0.800. The first-order chi connectivity index (χ1) is 13.6. The van der Waals surface area contributed by atoms with Crippen LogP contribution in [0, 0.1) is 6.92 Å². The van der Waals surface area contributed by atoms with Gasteiger partial charge in [-0.1, -0.05) is 30.0 Å². The fourth-order valence-corrected chi connectivity index (χ4v) is 4.01. The number of Topliss-reactive ketones (excluding diaryl/α,β-unsaturated/α-hetero) is 1. The molecular formula is C20H19N5O2S. The zero-order valence-electron chi connectivity index (χ0n) is 15.7. The number of aromatic nitrogens is 5. The molecule has 0 aliphatic carbocycles. The van der Waals surface area contributed by atoms with Crippen LogP contribution in [0.4, 0.5) is 0 Å². The smallest absolute Gasteiger partial charge is 0.214 e. The summed E-state index contributed by atoms with van der Waals surface area (Å²) in [4.78, 5) is 16.4. The number of aromatic amines is 1. The molecule has 28 heavy (non-hydrogen) atoms. The Morgan fingerprint density at radius 2 is 1.93 bits per heavy atom. The second-order valence-corrected chi connectivity index (χ2v) is 7.67. The Morgan fingerprint density at radius 1 is 1.18 bits per heavy atom. The van der Waals surface area contributed by atoms with Gasteiger partial charge in [0.15, 0.2) is 5.78 Å². The van der Waals surface area contributed by atoms with E-state index in [0.29, 0.717) is 5.16 Å². The van der Waals surface area contributed by atoms with Gasteiger partial charge in [-0.2, -0.15) is 4.68 Å². The number of hydrogen-bond acceptors (Lipinski definition) is 6. The Hall–Kier alpha value is -3.13. The average Bonchev–Trinajstić information content (AvgIpc) is 3.30. The lowest BCUT2D eigenvalue weighted by Crippen LogP contribution is -2.15. The van der Waals surface area contributed by atoms with Crippen molar-refractivity contribution in [3.05, 3.63) is 59.8 Å². The Morgan fingerprint density at radius 3 is 2.68 bits per heavy atom. The molecule has 2 aromatic carbocycles. The van der Waals surface area contributed by atoms with Crippen LogP contribution in [0.2, 0.25) is 0 Å². The summed E-state index contributed by atoms with van der Waals surface area (Å²) in [7, 11) is 1.62. The number of fused-ring (bicyclic) bond motifs is 1. The third kappa shape index (κ3) is 3.27. The van der Waals surface area contributed by atoms with Crippen molar-refractivity contribution in [2.24, 2.45) is 0 Å². The maximum atomic E-state index is 13.2. The molecule has 0 radical (unpaired) electrons. The SMILES string of the molecule is COc1ccc(-n2nnnc2SC(C)C(=O)c2c(C)[nH]c3ccccc23)cc1. The van der Waals surface area contributed by atoms with Crippen molar-refractivity contribution in [2.45, 2.75) is 24.3 Å². The first-order valence-corrected chi connectivity index (χ1v) is 9.67. The summed E-state index contributed by atoms with van der Waals surface area (Å²) in [6.45, 7) is 3.80. The second kappa shape index (κ2) is 7.47. The highest BCUT2D eigenvalue weighted by atomic mass is 32.2. The van der Waals surface area contributed by atoms with E-state index in [1.165, 1.54) is 11.8 Å². The summed E-state index contributed by atoms with van der Waals surface area (Å²) in [5.41, 5.74) is 3.35. The number of ether oxygens (including phenoxy) is 1. The topological polar surface area (TPSA) is 85.7 Å². The van der Waals surface area contributed by atoms with Crippen LogP contribution < -0.4 is 4.74 Å². The summed E-state index contributed by atoms with van der Waals surface area (Å²) in [6, 6.07) is 15.3. The van der Waals surface area contributed by atoms with Crippen LogP contribution in [0.25, 0.3) is 16.6 Å². The standard InChI is InChI=1S/C20H19N5O2S/c1-12-18(16-6-4-5-7-17(16)21-12)19(26)13(2)28-20-22-23-24-25(20)14-8-10-15(27-3)11-9-14/h4-11,13,21H,1-3H3. The molecule has 4 aromatic rings. The fourth-order valence-electron chi connectivity index (χ4n) is 3.15. The quantitative estimate of drug-likeness (QED) is 0.396. The predicted octanol–water partition coefficient (Wildman–Crippen LogP) is 3.82. The van der Waals surface area contributed by atoms with Crippen molar-refractivity contribution in [1.29, 1.82) is 0 Å². The van der Waals surface area contributed by atoms with Gasteiger partial charge in [0, 0.05) is 22.2 Å². The van der Waals surface area contributed by atoms with Crippen molar-refractivity contribution in [3.8, 4) is 11.4 Å². The molecule has 0 aliphatic heterocycles. The van der Waals surface area contributed by atoms with Crippen LogP contribution in [0.5, 0.6) is 5.75 Å². The number of methoxy groups -OCH3 is 1. The number of ketones is 1. The summed E-state index contributed by atoms with van der Waals surface area (Å²) >= 11 is 1.34. The van der Waals surface area contributed by atoms with E-state index in [1.807, 2.05) is 62.4 Å². The molecule has 0 saturated heterocycles. The number of H-pyrrole nitrogens is 1. The number of para-hydroxylation sites is 1. The Kier molecular flexibility index (Phi) is 4.87. The van der Waals surface area contributed by atoms with Gasteiger partial charge >= 0.3 is 0 Å².